The SMILES string of the molecule is C#Cc1ccc(C(C)C(=O)O)cn1. The van der Waals surface area contributed by atoms with Gasteiger partial charge in [0, 0.05) is 6.20 Å². The zero-order chi connectivity index (χ0) is 9.84. The lowest BCUT2D eigenvalue weighted by Crippen LogP contribution is -2.07. The van der Waals surface area contributed by atoms with Crippen molar-refractivity contribution in [3.05, 3.63) is 29.6 Å². The lowest BCUT2D eigenvalue weighted by Gasteiger charge is -2.04. The molecule has 1 N–H and O–H groups in total. The second-order valence-electron chi connectivity index (χ2n) is 2.68. The molecule has 1 aromatic rings. The summed E-state index contributed by atoms with van der Waals surface area (Å²) in [4.78, 5) is 14.5. The Kier molecular flexibility index (Phi) is 2.65. The lowest BCUT2D eigenvalue weighted by molar-refractivity contribution is -0.138. The normalized spacial score (nSPS) is 11.7. The van der Waals surface area contributed by atoms with Gasteiger partial charge in [-0.1, -0.05) is 12.0 Å². The molecule has 66 valence electrons. The van der Waals surface area contributed by atoms with Crippen molar-refractivity contribution in [1.29, 1.82) is 0 Å². The van der Waals surface area contributed by atoms with Crippen LogP contribution in [0.2, 0.25) is 0 Å². The Morgan fingerprint density at radius 2 is 2.38 bits per heavy atom. The van der Waals surface area contributed by atoms with Crippen molar-refractivity contribution >= 4 is 5.97 Å². The van der Waals surface area contributed by atoms with E-state index in [1.54, 1.807) is 19.1 Å². The minimum Gasteiger partial charge on any atom is -0.481 e. The topological polar surface area (TPSA) is 50.2 Å². The van der Waals surface area contributed by atoms with Crippen LogP contribution in [0.4, 0.5) is 0 Å². The highest BCUT2D eigenvalue weighted by Crippen LogP contribution is 2.13. The smallest absolute Gasteiger partial charge is 0.310 e. The lowest BCUT2D eigenvalue weighted by atomic mass is 10.0. The first-order valence-electron chi connectivity index (χ1n) is 3.80. The largest absolute Gasteiger partial charge is 0.481 e. The van der Waals surface area contributed by atoms with Crippen molar-refractivity contribution in [3.63, 3.8) is 0 Å². The van der Waals surface area contributed by atoms with E-state index in [4.69, 9.17) is 11.5 Å². The third-order valence-electron chi connectivity index (χ3n) is 1.80. The van der Waals surface area contributed by atoms with Crippen LogP contribution in [0.5, 0.6) is 0 Å². The van der Waals surface area contributed by atoms with Crippen LogP contribution in [-0.2, 0) is 4.79 Å². The molecule has 0 fully saturated rings. The molecular formula is C10H9NO2. The number of terminal acetylenes is 1. The molecule has 0 bridgehead atoms. The van der Waals surface area contributed by atoms with Gasteiger partial charge in [0.15, 0.2) is 0 Å². The van der Waals surface area contributed by atoms with Gasteiger partial charge in [-0.25, -0.2) is 4.98 Å². The van der Waals surface area contributed by atoms with Gasteiger partial charge in [-0.2, -0.15) is 0 Å². The van der Waals surface area contributed by atoms with E-state index in [0.29, 0.717) is 11.3 Å². The standard InChI is InChI=1S/C10H9NO2/c1-3-9-5-4-8(6-11-9)7(2)10(12)13/h1,4-7H,2H3,(H,12,13). The first-order valence-corrected chi connectivity index (χ1v) is 3.80. The minimum atomic E-state index is -0.866. The maximum absolute atomic E-state index is 10.6. The molecule has 0 aliphatic rings. The van der Waals surface area contributed by atoms with Crippen LogP contribution in [0.15, 0.2) is 18.3 Å². The van der Waals surface area contributed by atoms with E-state index >= 15 is 0 Å². The zero-order valence-corrected chi connectivity index (χ0v) is 7.19. The maximum Gasteiger partial charge on any atom is 0.310 e. The fraction of sp³-hybridized carbons (Fsp3) is 0.200. The molecule has 1 atom stereocenters. The maximum atomic E-state index is 10.6. The van der Waals surface area contributed by atoms with Crippen molar-refractivity contribution in [2.24, 2.45) is 0 Å². The molecule has 1 unspecified atom stereocenters. The quantitative estimate of drug-likeness (QED) is 0.688. The Morgan fingerprint density at radius 3 is 2.77 bits per heavy atom. The highest BCUT2D eigenvalue weighted by Gasteiger charge is 2.13. The number of hydrogen-bond donors (Lipinski definition) is 1. The second kappa shape index (κ2) is 3.72. The molecule has 13 heavy (non-hydrogen) atoms. The first kappa shape index (κ1) is 9.27. The van der Waals surface area contributed by atoms with Crippen molar-refractivity contribution in [1.82, 2.24) is 4.98 Å². The molecule has 0 saturated carbocycles. The molecule has 3 nitrogen and oxygen atoms in total. The molecule has 3 heteroatoms. The Labute approximate surface area is 76.4 Å². The number of hydrogen-bond acceptors (Lipinski definition) is 2. The summed E-state index contributed by atoms with van der Waals surface area (Å²) in [6.07, 6.45) is 6.60. The molecule has 0 saturated heterocycles. The summed E-state index contributed by atoms with van der Waals surface area (Å²) in [5.41, 5.74) is 1.17. The first-order chi connectivity index (χ1) is 6.15. The van der Waals surface area contributed by atoms with Gasteiger partial charge in [0.25, 0.3) is 0 Å². The number of carbonyl (C=O) groups is 1. The average Bonchev–Trinajstić information content (AvgIpc) is 2.17. The Bertz CT molecular complexity index is 348. The second-order valence-corrected chi connectivity index (χ2v) is 2.68. The molecule has 0 aliphatic carbocycles. The van der Waals surface area contributed by atoms with E-state index < -0.39 is 11.9 Å². The monoisotopic (exact) mass is 175 g/mol. The average molecular weight is 175 g/mol. The Hall–Kier alpha value is -1.82. The van der Waals surface area contributed by atoms with Crippen LogP contribution < -0.4 is 0 Å². The van der Waals surface area contributed by atoms with Crippen LogP contribution in [0, 0.1) is 12.3 Å². The summed E-state index contributed by atoms with van der Waals surface area (Å²) in [7, 11) is 0. The van der Waals surface area contributed by atoms with E-state index in [9.17, 15) is 4.79 Å². The van der Waals surface area contributed by atoms with Gasteiger partial charge in [-0.15, -0.1) is 6.42 Å². The fourth-order valence-electron chi connectivity index (χ4n) is 0.889. The third kappa shape index (κ3) is 2.06. The highest BCUT2D eigenvalue weighted by molar-refractivity contribution is 5.75. The number of aromatic nitrogens is 1. The van der Waals surface area contributed by atoms with E-state index in [1.165, 1.54) is 6.20 Å². The number of aliphatic carboxylic acids is 1. The van der Waals surface area contributed by atoms with Gasteiger partial charge in [-0.05, 0) is 18.6 Å². The van der Waals surface area contributed by atoms with Gasteiger partial charge >= 0.3 is 5.97 Å². The van der Waals surface area contributed by atoms with Gasteiger partial charge < -0.3 is 5.11 Å². The van der Waals surface area contributed by atoms with Crippen LogP contribution in [0.1, 0.15) is 24.1 Å². The van der Waals surface area contributed by atoms with E-state index in [1.807, 2.05) is 0 Å². The highest BCUT2D eigenvalue weighted by atomic mass is 16.4. The zero-order valence-electron chi connectivity index (χ0n) is 7.19. The molecule has 0 spiro atoms. The summed E-state index contributed by atoms with van der Waals surface area (Å²) in [6.45, 7) is 1.61. The number of pyridine rings is 1. The molecule has 0 aliphatic heterocycles. The molecule has 1 rings (SSSR count). The third-order valence-corrected chi connectivity index (χ3v) is 1.80. The number of nitrogens with zero attached hydrogens (tertiary/aromatic N) is 1. The van der Waals surface area contributed by atoms with E-state index in [2.05, 4.69) is 10.9 Å². The van der Waals surface area contributed by atoms with Gasteiger partial charge in [0.05, 0.1) is 5.92 Å². The van der Waals surface area contributed by atoms with Crippen molar-refractivity contribution in [2.75, 3.05) is 0 Å². The fourth-order valence-corrected chi connectivity index (χ4v) is 0.889. The minimum absolute atomic E-state index is 0.515. The van der Waals surface area contributed by atoms with E-state index in [-0.39, 0.29) is 0 Å². The van der Waals surface area contributed by atoms with E-state index in [0.717, 1.165) is 0 Å². The van der Waals surface area contributed by atoms with Crippen LogP contribution in [-0.4, -0.2) is 16.1 Å². The Balaban J connectivity index is 2.93. The van der Waals surface area contributed by atoms with Crippen molar-refractivity contribution < 1.29 is 9.90 Å². The molecule has 0 aromatic carbocycles. The van der Waals surface area contributed by atoms with Gasteiger partial charge in [-0.3, -0.25) is 4.79 Å². The van der Waals surface area contributed by atoms with Crippen LogP contribution >= 0.6 is 0 Å². The number of rotatable bonds is 2. The molecule has 0 radical (unpaired) electrons. The van der Waals surface area contributed by atoms with Crippen LogP contribution in [0.3, 0.4) is 0 Å². The Morgan fingerprint density at radius 1 is 1.69 bits per heavy atom. The van der Waals surface area contributed by atoms with Gasteiger partial charge in [0.2, 0.25) is 0 Å². The van der Waals surface area contributed by atoms with Gasteiger partial charge in [0.1, 0.15) is 5.69 Å². The summed E-state index contributed by atoms with van der Waals surface area (Å²) >= 11 is 0. The summed E-state index contributed by atoms with van der Waals surface area (Å²) < 4.78 is 0. The predicted molar refractivity (Wildman–Crippen MR) is 48.2 cm³/mol. The molecule has 1 heterocycles. The molecule has 1 aromatic heterocycles. The molecule has 0 amide bonds. The summed E-state index contributed by atoms with van der Waals surface area (Å²) in [5, 5.41) is 8.69. The van der Waals surface area contributed by atoms with Crippen LogP contribution in [0.25, 0.3) is 0 Å². The summed E-state index contributed by atoms with van der Waals surface area (Å²) in [5.74, 6) is 0.956. The number of carboxylic acid groups (broad SMARTS) is 1. The summed E-state index contributed by atoms with van der Waals surface area (Å²) in [6, 6.07) is 3.32. The van der Waals surface area contributed by atoms with Crippen molar-refractivity contribution in [3.8, 4) is 12.3 Å². The number of carboxylic acids is 1. The van der Waals surface area contributed by atoms with Crippen molar-refractivity contribution in [2.45, 2.75) is 12.8 Å². The predicted octanol–water partition coefficient (Wildman–Crippen LogP) is 1.25. The molecular weight excluding hydrogens is 166 g/mol.